The predicted molar refractivity (Wildman–Crippen MR) is 101 cm³/mol. The number of para-hydroxylation sites is 1. The van der Waals surface area contributed by atoms with Crippen molar-refractivity contribution in [3.05, 3.63) is 48.2 Å². The number of nitrogens with zero attached hydrogens (tertiary/aromatic N) is 1. The Bertz CT molecular complexity index is 708. The summed E-state index contributed by atoms with van der Waals surface area (Å²) in [5.41, 5.74) is 1.57. The molecule has 5 heteroatoms. The van der Waals surface area contributed by atoms with Crippen molar-refractivity contribution < 1.29 is 9.53 Å². The number of pyridine rings is 1. The minimum Gasteiger partial charge on any atom is -0.437 e. The maximum Gasteiger partial charge on any atom is 0.319 e. The molecule has 0 aliphatic carbocycles. The number of aromatic nitrogens is 1. The van der Waals surface area contributed by atoms with E-state index in [1.807, 2.05) is 24.3 Å². The molecule has 0 atom stereocenters. The van der Waals surface area contributed by atoms with Gasteiger partial charge in [0.15, 0.2) is 0 Å². The summed E-state index contributed by atoms with van der Waals surface area (Å²) in [6.07, 6.45) is 3.63. The van der Waals surface area contributed by atoms with Gasteiger partial charge in [-0.15, -0.1) is 0 Å². The Kier molecular flexibility index (Phi) is 6.39. The van der Waals surface area contributed by atoms with E-state index < -0.39 is 0 Å². The normalized spacial score (nSPS) is 11.0. The zero-order chi connectivity index (χ0) is 18.3. The van der Waals surface area contributed by atoms with Crippen LogP contribution >= 0.6 is 0 Å². The summed E-state index contributed by atoms with van der Waals surface area (Å²) >= 11 is 0. The Morgan fingerprint density at radius 3 is 2.64 bits per heavy atom. The highest BCUT2D eigenvalue weighted by molar-refractivity contribution is 5.90. The average molecular weight is 341 g/mol. The third-order valence-corrected chi connectivity index (χ3v) is 3.74. The van der Waals surface area contributed by atoms with Gasteiger partial charge in [-0.05, 0) is 30.0 Å². The van der Waals surface area contributed by atoms with Crippen LogP contribution in [0.5, 0.6) is 11.6 Å². The fraction of sp³-hybridized carbons (Fsp3) is 0.400. The highest BCUT2D eigenvalue weighted by Gasteiger charge is 2.20. The standard InChI is InChI=1S/C20H27N3O2/c1-5-6-13-22-19(24)23-16-11-9-14-21-18(16)25-17-12-8-7-10-15(17)20(2,3)4/h7-12,14H,5-6,13H2,1-4H3,(H2,22,23,24). The predicted octanol–water partition coefficient (Wildman–Crippen LogP) is 5.09. The number of carbonyl (C=O) groups is 1. The van der Waals surface area contributed by atoms with Crippen molar-refractivity contribution in [2.45, 2.75) is 46.0 Å². The van der Waals surface area contributed by atoms with E-state index in [0.29, 0.717) is 18.1 Å². The van der Waals surface area contributed by atoms with Gasteiger partial charge in [-0.2, -0.15) is 0 Å². The van der Waals surface area contributed by atoms with E-state index in [0.717, 1.165) is 24.2 Å². The number of anilines is 1. The number of hydrogen-bond donors (Lipinski definition) is 2. The molecule has 1 aromatic heterocycles. The summed E-state index contributed by atoms with van der Waals surface area (Å²) in [5.74, 6) is 1.12. The first-order valence-electron chi connectivity index (χ1n) is 8.69. The summed E-state index contributed by atoms with van der Waals surface area (Å²) in [4.78, 5) is 16.3. The van der Waals surface area contributed by atoms with Gasteiger partial charge in [-0.25, -0.2) is 9.78 Å². The third kappa shape index (κ3) is 5.48. The van der Waals surface area contributed by atoms with Gasteiger partial charge in [-0.3, -0.25) is 0 Å². The van der Waals surface area contributed by atoms with Crippen LogP contribution in [0.15, 0.2) is 42.6 Å². The van der Waals surface area contributed by atoms with E-state index in [1.165, 1.54) is 0 Å². The van der Waals surface area contributed by atoms with Crippen LogP contribution in [0.2, 0.25) is 0 Å². The Morgan fingerprint density at radius 1 is 1.16 bits per heavy atom. The van der Waals surface area contributed by atoms with E-state index in [2.05, 4.69) is 43.3 Å². The van der Waals surface area contributed by atoms with Gasteiger partial charge in [0.25, 0.3) is 0 Å². The summed E-state index contributed by atoms with van der Waals surface area (Å²) in [5, 5.41) is 5.64. The van der Waals surface area contributed by atoms with Crippen molar-refractivity contribution in [1.29, 1.82) is 0 Å². The second-order valence-corrected chi connectivity index (χ2v) is 6.94. The van der Waals surface area contributed by atoms with Crippen molar-refractivity contribution in [2.75, 3.05) is 11.9 Å². The van der Waals surface area contributed by atoms with Crippen LogP contribution in [0.4, 0.5) is 10.5 Å². The average Bonchev–Trinajstić information content (AvgIpc) is 2.56. The molecule has 0 bridgehead atoms. The van der Waals surface area contributed by atoms with E-state index in [1.54, 1.807) is 18.3 Å². The molecule has 0 aliphatic rings. The molecule has 2 aromatic rings. The van der Waals surface area contributed by atoms with Crippen LogP contribution < -0.4 is 15.4 Å². The number of unbranched alkanes of at least 4 members (excludes halogenated alkanes) is 1. The van der Waals surface area contributed by atoms with Crippen molar-refractivity contribution in [3.8, 4) is 11.6 Å². The maximum absolute atomic E-state index is 12.0. The lowest BCUT2D eigenvalue weighted by Crippen LogP contribution is -2.29. The van der Waals surface area contributed by atoms with Gasteiger partial charge < -0.3 is 15.4 Å². The Labute approximate surface area is 149 Å². The topological polar surface area (TPSA) is 63.2 Å². The highest BCUT2D eigenvalue weighted by atomic mass is 16.5. The molecule has 2 rings (SSSR count). The van der Waals surface area contributed by atoms with Gasteiger partial charge in [0.2, 0.25) is 5.88 Å². The third-order valence-electron chi connectivity index (χ3n) is 3.74. The summed E-state index contributed by atoms with van der Waals surface area (Å²) in [6.45, 7) is 9.13. The van der Waals surface area contributed by atoms with Gasteiger partial charge in [0, 0.05) is 18.3 Å². The molecule has 5 nitrogen and oxygen atoms in total. The second kappa shape index (κ2) is 8.51. The van der Waals surface area contributed by atoms with E-state index in [9.17, 15) is 4.79 Å². The summed E-state index contributed by atoms with van der Waals surface area (Å²) in [6, 6.07) is 11.2. The molecule has 1 aromatic carbocycles. The lowest BCUT2D eigenvalue weighted by Gasteiger charge is -2.22. The van der Waals surface area contributed by atoms with Crippen LogP contribution in [0, 0.1) is 0 Å². The zero-order valence-corrected chi connectivity index (χ0v) is 15.4. The molecule has 2 amide bonds. The first kappa shape index (κ1) is 18.8. The fourth-order valence-electron chi connectivity index (χ4n) is 2.39. The van der Waals surface area contributed by atoms with Crippen molar-refractivity contribution >= 4 is 11.7 Å². The van der Waals surface area contributed by atoms with Gasteiger partial charge >= 0.3 is 6.03 Å². The van der Waals surface area contributed by atoms with Crippen LogP contribution in [-0.2, 0) is 5.41 Å². The molecule has 0 saturated heterocycles. The largest absolute Gasteiger partial charge is 0.437 e. The summed E-state index contributed by atoms with van der Waals surface area (Å²) < 4.78 is 6.04. The molecule has 25 heavy (non-hydrogen) atoms. The second-order valence-electron chi connectivity index (χ2n) is 6.94. The minimum absolute atomic E-state index is 0.0590. The summed E-state index contributed by atoms with van der Waals surface area (Å²) in [7, 11) is 0. The van der Waals surface area contributed by atoms with Crippen molar-refractivity contribution in [1.82, 2.24) is 10.3 Å². The molecule has 134 valence electrons. The lowest BCUT2D eigenvalue weighted by atomic mass is 9.86. The Hall–Kier alpha value is -2.56. The van der Waals surface area contributed by atoms with Gasteiger partial charge in [-0.1, -0.05) is 52.3 Å². The molecule has 0 fully saturated rings. The van der Waals surface area contributed by atoms with Crippen LogP contribution in [0.1, 0.15) is 46.1 Å². The lowest BCUT2D eigenvalue weighted by molar-refractivity contribution is 0.252. The number of carbonyl (C=O) groups excluding carboxylic acids is 1. The van der Waals surface area contributed by atoms with Crippen LogP contribution in [0.3, 0.4) is 0 Å². The monoisotopic (exact) mass is 341 g/mol. The highest BCUT2D eigenvalue weighted by Crippen LogP contribution is 2.35. The van der Waals surface area contributed by atoms with Crippen molar-refractivity contribution in [2.24, 2.45) is 0 Å². The molecular formula is C20H27N3O2. The number of hydrogen-bond acceptors (Lipinski definition) is 3. The fourth-order valence-corrected chi connectivity index (χ4v) is 2.39. The van der Waals surface area contributed by atoms with E-state index in [-0.39, 0.29) is 11.4 Å². The number of urea groups is 1. The van der Waals surface area contributed by atoms with Crippen LogP contribution in [-0.4, -0.2) is 17.6 Å². The number of benzene rings is 1. The number of ether oxygens (including phenoxy) is 1. The number of nitrogens with one attached hydrogen (secondary N) is 2. The zero-order valence-electron chi connectivity index (χ0n) is 15.4. The van der Waals surface area contributed by atoms with Gasteiger partial charge in [0.1, 0.15) is 11.4 Å². The molecule has 0 aliphatic heterocycles. The van der Waals surface area contributed by atoms with E-state index in [4.69, 9.17) is 4.74 Å². The SMILES string of the molecule is CCCCNC(=O)Nc1cccnc1Oc1ccccc1C(C)(C)C. The molecule has 0 spiro atoms. The molecule has 0 radical (unpaired) electrons. The maximum atomic E-state index is 12.0. The Morgan fingerprint density at radius 2 is 1.92 bits per heavy atom. The smallest absolute Gasteiger partial charge is 0.319 e. The minimum atomic E-state index is -0.254. The van der Waals surface area contributed by atoms with Crippen LogP contribution in [0.25, 0.3) is 0 Å². The van der Waals surface area contributed by atoms with E-state index >= 15 is 0 Å². The van der Waals surface area contributed by atoms with Crippen molar-refractivity contribution in [3.63, 3.8) is 0 Å². The quantitative estimate of drug-likeness (QED) is 0.719. The molecule has 1 heterocycles. The first-order valence-corrected chi connectivity index (χ1v) is 8.69. The molecule has 0 unspecified atom stereocenters. The first-order chi connectivity index (χ1) is 11.9. The molecule has 2 N–H and O–H groups in total. The number of amides is 2. The molecule has 0 saturated carbocycles. The van der Waals surface area contributed by atoms with Gasteiger partial charge in [0.05, 0.1) is 0 Å². The molecular weight excluding hydrogens is 314 g/mol. The number of rotatable bonds is 6. The Balaban J connectivity index is 2.18.